The predicted molar refractivity (Wildman–Crippen MR) is 116 cm³/mol. The molecule has 0 atom stereocenters. The zero-order valence-corrected chi connectivity index (χ0v) is 25.1. The molecule has 4 rings (SSSR count). The Morgan fingerprint density at radius 3 is 2.45 bits per heavy atom. The average molecular weight is 579 g/mol. The molecule has 38 heavy (non-hydrogen) atoms. The first-order chi connectivity index (χ1) is 17.1. The zero-order chi connectivity index (χ0) is 25.9. The maximum absolute atomic E-state index is 12.0. The first-order valence-corrected chi connectivity index (χ1v) is 11.6. The number of hydrogen-bond donors (Lipinski definition) is 2. The van der Waals surface area contributed by atoms with E-state index in [4.69, 9.17) is 9.47 Å². The van der Waals surface area contributed by atoms with Crippen LogP contribution in [0.15, 0.2) is 69.2 Å². The molecule has 1 heterocycles. The Bertz CT molecular complexity index is 1630. The van der Waals surface area contributed by atoms with E-state index in [0.29, 0.717) is 12.0 Å². The molecule has 0 radical (unpaired) electrons. The molecule has 0 fully saturated rings. The van der Waals surface area contributed by atoms with Gasteiger partial charge in [0.25, 0.3) is 0 Å². The van der Waals surface area contributed by atoms with Gasteiger partial charge in [-0.1, -0.05) is 18.2 Å². The molecule has 0 saturated heterocycles. The van der Waals surface area contributed by atoms with E-state index < -0.39 is 38.7 Å². The number of nitrogens with zero attached hydrogens (tertiary/aromatic N) is 2. The van der Waals surface area contributed by atoms with Crippen molar-refractivity contribution < 1.29 is 106 Å². The number of carboxylic acid groups (broad SMARTS) is 1. The maximum atomic E-state index is 12.0. The van der Waals surface area contributed by atoms with Crippen molar-refractivity contribution in [2.75, 3.05) is 0 Å². The molecule has 0 unspecified atom stereocenters. The minimum absolute atomic E-state index is 0. The summed E-state index contributed by atoms with van der Waals surface area (Å²) in [5.74, 6) is -1.43. The predicted octanol–water partition coefficient (Wildman–Crippen LogP) is -4.26. The Morgan fingerprint density at radius 2 is 1.76 bits per heavy atom. The molecule has 4 aromatic rings. The van der Waals surface area contributed by atoms with Crippen LogP contribution in [0.1, 0.15) is 10.4 Å². The van der Waals surface area contributed by atoms with Gasteiger partial charge in [-0.15, -0.1) is 9.97 Å². The van der Waals surface area contributed by atoms with Gasteiger partial charge in [-0.3, -0.25) is 10.0 Å². The molecule has 14 nitrogen and oxygen atoms in total. The van der Waals surface area contributed by atoms with E-state index in [1.165, 1.54) is 48.5 Å². The Kier molecular flexibility index (Phi) is 11.7. The van der Waals surface area contributed by atoms with Gasteiger partial charge in [0.15, 0.2) is 0 Å². The summed E-state index contributed by atoms with van der Waals surface area (Å²) >= 11 is 0.402. The van der Waals surface area contributed by atoms with Crippen molar-refractivity contribution in [3.63, 3.8) is 0 Å². The second-order valence-corrected chi connectivity index (χ2v) is 8.85. The van der Waals surface area contributed by atoms with Crippen molar-refractivity contribution in [2.45, 2.75) is 9.79 Å². The fraction of sp³-hybridized carbons (Fsp3) is 0. The van der Waals surface area contributed by atoms with Crippen molar-refractivity contribution in [3.05, 3.63) is 70.6 Å². The molecule has 0 bridgehead atoms. The fourth-order valence-electron chi connectivity index (χ4n) is 3.03. The second kappa shape index (κ2) is 13.8. The van der Waals surface area contributed by atoms with Gasteiger partial charge in [0.1, 0.15) is 27.2 Å². The Morgan fingerprint density at radius 1 is 1.03 bits per heavy atom. The van der Waals surface area contributed by atoms with Gasteiger partial charge >= 0.3 is 82.8 Å². The van der Waals surface area contributed by atoms with Crippen LogP contribution < -0.4 is 79.5 Å². The Labute approximate surface area is 261 Å². The number of ether oxygens (including phenoxy) is 2. The topological polar surface area (TPSA) is 213 Å². The molecule has 1 aromatic heterocycles. The summed E-state index contributed by atoms with van der Waals surface area (Å²) in [4.78, 5) is 32.4. The molecular weight excluding hydrogens is 568 g/mol. The summed E-state index contributed by atoms with van der Waals surface area (Å²) in [6, 6.07) is 11.1. The third-order valence-corrected chi connectivity index (χ3v) is 5.86. The summed E-state index contributed by atoms with van der Waals surface area (Å²) < 4.78 is 50.5. The van der Waals surface area contributed by atoms with E-state index in [-0.39, 0.29) is 91.8 Å². The Balaban J connectivity index is 0.00000253. The fourth-order valence-corrected chi connectivity index (χ4v) is 4.27. The van der Waals surface area contributed by atoms with E-state index in [2.05, 4.69) is 24.3 Å². The average Bonchev–Trinajstić information content (AvgIpc) is 2.81. The molecule has 0 aliphatic heterocycles. The number of para-hydroxylation sites is 1. The number of benzene rings is 3. The molecule has 3 aromatic carbocycles. The third-order valence-electron chi connectivity index (χ3n) is 4.43. The van der Waals surface area contributed by atoms with Crippen molar-refractivity contribution in [2.24, 2.45) is 0 Å². The van der Waals surface area contributed by atoms with E-state index >= 15 is 0 Å². The molecule has 2 N–H and O–H groups in total. The number of nitrogens with one attached hydrogen (secondary N) is 1. The van der Waals surface area contributed by atoms with E-state index in [1.807, 2.05) is 0 Å². The summed E-state index contributed by atoms with van der Waals surface area (Å²) in [7, 11) is -4.97. The standard InChI is InChI=1S/C20H13N3O11S2.2Na/c24-17(25)13-3-1-2-4-15(13)32-20-22-18(26)21-19(23-20)31-11-6-5-10-7-12(35-34-33-27)9-16(14(10)8-11)36(28,29)30;;/h1-9,27H,(H,24,25)(H,28,29,30)(H,21,22,23,26);;/q;2*+1/p-2. The van der Waals surface area contributed by atoms with Crippen LogP contribution in [0.5, 0.6) is 23.5 Å². The number of carboxylic acids is 1. The van der Waals surface area contributed by atoms with Crippen LogP contribution in [0.4, 0.5) is 0 Å². The van der Waals surface area contributed by atoms with Crippen molar-refractivity contribution in [3.8, 4) is 23.5 Å². The van der Waals surface area contributed by atoms with Crippen LogP contribution in [-0.2, 0) is 19.5 Å². The molecule has 0 aliphatic carbocycles. The number of aromatic nitrogens is 3. The molecule has 0 amide bonds. The number of fused-ring (bicyclic) bond motifs is 1. The van der Waals surface area contributed by atoms with Gasteiger partial charge < -0.3 is 24.4 Å². The van der Waals surface area contributed by atoms with Crippen LogP contribution in [0, 0.1) is 0 Å². The maximum Gasteiger partial charge on any atom is 1.00 e. The summed E-state index contributed by atoms with van der Waals surface area (Å²) in [6.07, 6.45) is 0. The second-order valence-electron chi connectivity index (χ2n) is 6.72. The van der Waals surface area contributed by atoms with Crippen LogP contribution >= 0.6 is 12.0 Å². The molecule has 18 heteroatoms. The summed E-state index contributed by atoms with van der Waals surface area (Å²) in [6.45, 7) is 0. The minimum Gasteiger partial charge on any atom is -0.744 e. The van der Waals surface area contributed by atoms with Gasteiger partial charge in [-0.05, 0) is 41.8 Å². The smallest absolute Gasteiger partial charge is 0.744 e. The molecular formula is C20H11N3Na2O11S2. The third kappa shape index (κ3) is 7.98. The molecule has 0 saturated carbocycles. The number of carbonyl (C=O) groups is 1. The molecule has 0 spiro atoms. The number of hydrogen-bond acceptors (Lipinski definition) is 13. The van der Waals surface area contributed by atoms with Gasteiger partial charge in [0.2, 0.25) is 0 Å². The van der Waals surface area contributed by atoms with E-state index in [9.17, 15) is 32.9 Å². The Hall–Kier alpha value is -2.06. The van der Waals surface area contributed by atoms with Crippen LogP contribution in [0.3, 0.4) is 0 Å². The van der Waals surface area contributed by atoms with Gasteiger partial charge in [-0.25, -0.2) is 18.0 Å². The molecule has 0 aliphatic rings. The van der Waals surface area contributed by atoms with E-state index in [1.54, 1.807) is 0 Å². The summed E-state index contributed by atoms with van der Waals surface area (Å²) in [5, 5.41) is 22.8. The van der Waals surface area contributed by atoms with Gasteiger partial charge in [0.05, 0.1) is 16.9 Å². The number of H-pyrrole nitrogens is 1. The zero-order valence-electron chi connectivity index (χ0n) is 19.4. The van der Waals surface area contributed by atoms with Crippen LogP contribution in [0.25, 0.3) is 10.8 Å². The van der Waals surface area contributed by atoms with E-state index in [0.717, 1.165) is 6.07 Å². The normalized spacial score (nSPS) is 10.8. The number of aromatic carboxylic acids is 1. The van der Waals surface area contributed by atoms with Crippen molar-refractivity contribution in [1.82, 2.24) is 15.0 Å². The largest absolute Gasteiger partial charge is 1.00 e. The van der Waals surface area contributed by atoms with Crippen molar-refractivity contribution >= 4 is 38.9 Å². The molecule has 186 valence electrons. The minimum atomic E-state index is -4.97. The SMILES string of the molecule is O=C(O)c1ccccc1Oc1nc(Oc2ccc3cc(SOO[O-])cc(S(=O)(=O)[O-])c3c2)[nH]c(=O)n1.[Na+].[Na+]. The quantitative estimate of drug-likeness (QED) is 0.0632. The first kappa shape index (κ1) is 32.2. The summed E-state index contributed by atoms with van der Waals surface area (Å²) in [5.41, 5.74) is -1.14. The van der Waals surface area contributed by atoms with Gasteiger partial charge in [0, 0.05) is 10.3 Å². The number of aromatic amines is 1. The van der Waals surface area contributed by atoms with Crippen LogP contribution in [0.2, 0.25) is 0 Å². The van der Waals surface area contributed by atoms with Crippen molar-refractivity contribution in [1.29, 1.82) is 0 Å². The first-order valence-electron chi connectivity index (χ1n) is 9.47. The van der Waals surface area contributed by atoms with Gasteiger partial charge in [-0.2, -0.15) is 4.33 Å². The monoisotopic (exact) mass is 579 g/mol. The van der Waals surface area contributed by atoms with Crippen LogP contribution in [-0.4, -0.2) is 39.0 Å². The number of rotatable bonds is 9.